The number of thiazole rings is 1. The van der Waals surface area contributed by atoms with Crippen LogP contribution in [-0.4, -0.2) is 45.5 Å². The van der Waals surface area contributed by atoms with Gasteiger partial charge < -0.3 is 14.2 Å². The van der Waals surface area contributed by atoms with Crippen LogP contribution in [0.25, 0.3) is 0 Å². The number of carbonyl (C=O) groups excluding carboxylic acids is 2. The third-order valence-electron chi connectivity index (χ3n) is 5.45. The summed E-state index contributed by atoms with van der Waals surface area (Å²) in [5.41, 5.74) is 0.922. The van der Waals surface area contributed by atoms with Crippen molar-refractivity contribution in [1.29, 1.82) is 0 Å². The lowest BCUT2D eigenvalue weighted by Gasteiger charge is -2.31. The molecular weight excluding hydrogens is 400 g/mol. The number of hydrogen-bond acceptors (Lipinski definition) is 5. The van der Waals surface area contributed by atoms with Crippen molar-refractivity contribution >= 4 is 28.3 Å². The maximum atomic E-state index is 12.9. The highest BCUT2D eigenvalue weighted by Gasteiger charge is 2.27. The minimum atomic E-state index is -0.511. The van der Waals surface area contributed by atoms with E-state index in [9.17, 15) is 9.59 Å². The van der Waals surface area contributed by atoms with Crippen LogP contribution < -0.4 is 5.32 Å². The molecule has 0 saturated carbocycles. The molecule has 3 heterocycles. The van der Waals surface area contributed by atoms with Crippen LogP contribution in [0.4, 0.5) is 5.13 Å². The third kappa shape index (κ3) is 5.49. The molecule has 164 valence electrons. The van der Waals surface area contributed by atoms with Gasteiger partial charge in [-0.05, 0) is 58.6 Å². The summed E-state index contributed by atoms with van der Waals surface area (Å²) < 4.78 is 7.95. The Morgan fingerprint density at radius 2 is 2.03 bits per heavy atom. The van der Waals surface area contributed by atoms with Crippen molar-refractivity contribution in [3.8, 4) is 0 Å². The Balaban J connectivity index is 1.61. The first kappa shape index (κ1) is 22.5. The number of nitrogens with zero attached hydrogens (tertiary/aromatic N) is 3. The fourth-order valence-electron chi connectivity index (χ4n) is 3.91. The molecule has 1 saturated heterocycles. The summed E-state index contributed by atoms with van der Waals surface area (Å²) in [6.07, 6.45) is 3.95. The van der Waals surface area contributed by atoms with E-state index in [0.29, 0.717) is 16.7 Å². The second-order valence-corrected chi connectivity index (χ2v) is 9.52. The first-order chi connectivity index (χ1) is 14.2. The van der Waals surface area contributed by atoms with E-state index in [-0.39, 0.29) is 17.9 Å². The first-order valence-electron chi connectivity index (χ1n) is 10.5. The van der Waals surface area contributed by atoms with E-state index in [4.69, 9.17) is 4.74 Å². The van der Waals surface area contributed by atoms with Gasteiger partial charge in [0.05, 0.1) is 11.8 Å². The van der Waals surface area contributed by atoms with Gasteiger partial charge in [-0.2, -0.15) is 0 Å². The molecule has 3 rings (SSSR count). The van der Waals surface area contributed by atoms with Crippen LogP contribution in [-0.2, 0) is 21.7 Å². The van der Waals surface area contributed by atoms with Crippen molar-refractivity contribution in [3.05, 3.63) is 35.1 Å². The zero-order chi connectivity index (χ0) is 21.9. The van der Waals surface area contributed by atoms with Crippen molar-refractivity contribution in [2.24, 2.45) is 5.92 Å². The van der Waals surface area contributed by atoms with E-state index in [1.54, 1.807) is 6.92 Å². The lowest BCUT2D eigenvalue weighted by Crippen LogP contribution is -2.38. The van der Waals surface area contributed by atoms with E-state index in [2.05, 4.69) is 10.3 Å². The summed E-state index contributed by atoms with van der Waals surface area (Å²) in [6.45, 7) is 11.9. The highest BCUT2D eigenvalue weighted by Crippen LogP contribution is 2.29. The van der Waals surface area contributed by atoms with Gasteiger partial charge in [-0.25, -0.2) is 4.98 Å². The Morgan fingerprint density at radius 3 is 2.67 bits per heavy atom. The van der Waals surface area contributed by atoms with Gasteiger partial charge in [-0.15, -0.1) is 11.3 Å². The fourth-order valence-corrected chi connectivity index (χ4v) is 4.77. The summed E-state index contributed by atoms with van der Waals surface area (Å²) in [5.74, 6) is 0.434. The Labute approximate surface area is 182 Å². The minimum absolute atomic E-state index is 0.0883. The SMILES string of the molecule is CC(=O)N1CCC(Cn2cccc2C(=O)Nc2nc(C(C)(C)OC(C)C)cs2)CC1. The van der Waals surface area contributed by atoms with Crippen LogP contribution in [0.5, 0.6) is 0 Å². The monoisotopic (exact) mass is 432 g/mol. The Kier molecular flexibility index (Phi) is 6.98. The quantitative estimate of drug-likeness (QED) is 0.714. The molecule has 0 spiro atoms. The van der Waals surface area contributed by atoms with Gasteiger partial charge in [0.2, 0.25) is 5.91 Å². The summed E-state index contributed by atoms with van der Waals surface area (Å²) in [6, 6.07) is 3.73. The second-order valence-electron chi connectivity index (χ2n) is 8.66. The molecule has 2 amide bonds. The number of likely N-dealkylation sites (tertiary alicyclic amines) is 1. The Morgan fingerprint density at radius 1 is 1.33 bits per heavy atom. The summed E-state index contributed by atoms with van der Waals surface area (Å²) >= 11 is 1.40. The van der Waals surface area contributed by atoms with Crippen molar-refractivity contribution in [1.82, 2.24) is 14.5 Å². The lowest BCUT2D eigenvalue weighted by atomic mass is 9.96. The van der Waals surface area contributed by atoms with Gasteiger partial charge in [0.25, 0.3) is 5.91 Å². The number of nitrogens with one attached hydrogen (secondary N) is 1. The molecule has 0 aromatic carbocycles. The van der Waals surface area contributed by atoms with E-state index < -0.39 is 5.60 Å². The number of hydrogen-bond donors (Lipinski definition) is 1. The number of anilines is 1. The highest BCUT2D eigenvalue weighted by molar-refractivity contribution is 7.14. The van der Waals surface area contributed by atoms with Gasteiger partial charge in [0.1, 0.15) is 11.3 Å². The molecule has 1 aliphatic rings. The molecule has 0 radical (unpaired) electrons. The van der Waals surface area contributed by atoms with Crippen LogP contribution in [0.2, 0.25) is 0 Å². The smallest absolute Gasteiger partial charge is 0.274 e. The van der Waals surface area contributed by atoms with Gasteiger partial charge in [-0.3, -0.25) is 14.9 Å². The topological polar surface area (TPSA) is 76.5 Å². The molecule has 2 aromatic heterocycles. The molecule has 0 bridgehead atoms. The third-order valence-corrected chi connectivity index (χ3v) is 6.21. The van der Waals surface area contributed by atoms with Gasteiger partial charge in [0.15, 0.2) is 5.13 Å². The maximum absolute atomic E-state index is 12.9. The molecule has 0 unspecified atom stereocenters. The van der Waals surface area contributed by atoms with E-state index in [0.717, 1.165) is 38.2 Å². The summed E-state index contributed by atoms with van der Waals surface area (Å²) in [7, 11) is 0. The molecular formula is C22H32N4O3S. The summed E-state index contributed by atoms with van der Waals surface area (Å²) in [5, 5.41) is 5.43. The average Bonchev–Trinajstić information content (AvgIpc) is 3.31. The van der Waals surface area contributed by atoms with Crippen molar-refractivity contribution in [2.45, 2.75) is 65.7 Å². The number of carbonyl (C=O) groups is 2. The van der Waals surface area contributed by atoms with E-state index in [1.165, 1.54) is 11.3 Å². The van der Waals surface area contributed by atoms with Gasteiger partial charge in [-0.1, -0.05) is 0 Å². The zero-order valence-electron chi connectivity index (χ0n) is 18.5. The zero-order valence-corrected chi connectivity index (χ0v) is 19.3. The molecule has 0 aliphatic carbocycles. The Bertz CT molecular complexity index is 879. The van der Waals surface area contributed by atoms with Crippen LogP contribution in [0, 0.1) is 5.92 Å². The number of amides is 2. The van der Waals surface area contributed by atoms with Crippen LogP contribution in [0.1, 0.15) is 63.6 Å². The molecule has 1 fully saturated rings. The van der Waals surface area contributed by atoms with Crippen LogP contribution in [0.15, 0.2) is 23.7 Å². The van der Waals surface area contributed by atoms with Crippen LogP contribution >= 0.6 is 11.3 Å². The lowest BCUT2D eigenvalue weighted by molar-refractivity contribution is -0.130. The van der Waals surface area contributed by atoms with Crippen molar-refractivity contribution in [3.63, 3.8) is 0 Å². The number of ether oxygens (including phenoxy) is 1. The average molecular weight is 433 g/mol. The maximum Gasteiger partial charge on any atom is 0.274 e. The summed E-state index contributed by atoms with van der Waals surface area (Å²) in [4.78, 5) is 30.8. The van der Waals surface area contributed by atoms with Crippen LogP contribution in [0.3, 0.4) is 0 Å². The molecule has 0 atom stereocenters. The normalized spacial score (nSPS) is 15.6. The Hall–Kier alpha value is -2.19. The van der Waals surface area contributed by atoms with Gasteiger partial charge in [0, 0.05) is 38.1 Å². The van der Waals surface area contributed by atoms with E-state index in [1.807, 2.05) is 60.9 Å². The first-order valence-corrected chi connectivity index (χ1v) is 11.4. The molecule has 1 aliphatic heterocycles. The second kappa shape index (κ2) is 9.31. The highest BCUT2D eigenvalue weighted by atomic mass is 32.1. The predicted molar refractivity (Wildman–Crippen MR) is 119 cm³/mol. The molecule has 1 N–H and O–H groups in total. The molecule has 8 heteroatoms. The minimum Gasteiger partial charge on any atom is -0.367 e. The number of rotatable bonds is 7. The predicted octanol–water partition coefficient (Wildman–Crippen LogP) is 4.12. The fraction of sp³-hybridized carbons (Fsp3) is 0.591. The van der Waals surface area contributed by atoms with E-state index >= 15 is 0 Å². The van der Waals surface area contributed by atoms with Crippen molar-refractivity contribution in [2.75, 3.05) is 18.4 Å². The standard InChI is InChI=1S/C22H32N4O3S/c1-15(2)29-22(4,5)19-14-30-21(23-19)24-20(28)18-7-6-10-26(18)13-17-8-11-25(12-9-17)16(3)27/h6-7,10,14-15,17H,8-9,11-13H2,1-5H3,(H,23,24,28). The molecule has 30 heavy (non-hydrogen) atoms. The number of aromatic nitrogens is 2. The number of piperidine rings is 1. The van der Waals surface area contributed by atoms with Gasteiger partial charge >= 0.3 is 0 Å². The molecule has 2 aromatic rings. The molecule has 7 nitrogen and oxygen atoms in total. The van der Waals surface area contributed by atoms with Crippen molar-refractivity contribution < 1.29 is 14.3 Å². The largest absolute Gasteiger partial charge is 0.367 e.